The second-order valence-corrected chi connectivity index (χ2v) is 12.9. The molecule has 0 aromatic carbocycles. The minimum Gasteiger partial charge on any atom is -0.328 e. The van der Waals surface area contributed by atoms with Gasteiger partial charge < -0.3 is 5.73 Å². The summed E-state index contributed by atoms with van der Waals surface area (Å²) in [5.74, 6) is 3.15. The molecule has 6 unspecified atom stereocenters. The first-order chi connectivity index (χ1) is 8.06. The van der Waals surface area contributed by atoms with Crippen LogP contribution in [0.25, 0.3) is 0 Å². The summed E-state index contributed by atoms with van der Waals surface area (Å²) in [5.41, 5.74) is 6.35. The molecule has 0 heterocycles. The largest absolute Gasteiger partial charge is 0.328 e. The Morgan fingerprint density at radius 3 is 2.11 bits per heavy atom. The van der Waals surface area contributed by atoms with Gasteiger partial charge in [0.05, 0.1) is 5.16 Å². The van der Waals surface area contributed by atoms with Crippen molar-refractivity contribution in [2.45, 2.75) is 58.7 Å². The molecule has 0 radical (unpaired) electrons. The van der Waals surface area contributed by atoms with E-state index in [0.29, 0.717) is 17.1 Å². The lowest BCUT2D eigenvalue weighted by molar-refractivity contribution is 0.226. The third-order valence-corrected chi connectivity index (χ3v) is 9.96. The number of rotatable bonds is 4. The highest BCUT2D eigenvalue weighted by atomic mass is 31.2. The SMILES string of the molecule is CCC(C)(C1CC(C)C(C)C1C(C)N)[P+](C)(C)C. The van der Waals surface area contributed by atoms with Gasteiger partial charge in [-0.2, -0.15) is 0 Å². The molecule has 1 nitrogen and oxygen atoms in total. The molecule has 0 aromatic heterocycles. The lowest BCUT2D eigenvalue weighted by Gasteiger charge is -2.44. The van der Waals surface area contributed by atoms with Gasteiger partial charge in [0.1, 0.15) is 0 Å². The molecule has 1 aliphatic rings. The molecule has 108 valence electrons. The van der Waals surface area contributed by atoms with Crippen molar-refractivity contribution >= 4 is 7.26 Å². The van der Waals surface area contributed by atoms with Gasteiger partial charge in [0.15, 0.2) is 0 Å². The third-order valence-electron chi connectivity index (χ3n) is 6.25. The molecule has 0 aliphatic heterocycles. The highest BCUT2D eigenvalue weighted by molar-refractivity contribution is 7.75. The fraction of sp³-hybridized carbons (Fsp3) is 1.00. The fourth-order valence-electron chi connectivity index (χ4n) is 4.27. The van der Waals surface area contributed by atoms with Crippen molar-refractivity contribution in [2.24, 2.45) is 29.4 Å². The zero-order valence-electron chi connectivity index (χ0n) is 13.8. The van der Waals surface area contributed by atoms with Gasteiger partial charge in [-0.05, 0) is 44.4 Å². The molecule has 1 rings (SSSR count). The summed E-state index contributed by atoms with van der Waals surface area (Å²) < 4.78 is 0. The zero-order valence-corrected chi connectivity index (χ0v) is 14.7. The van der Waals surface area contributed by atoms with E-state index in [1.807, 2.05) is 0 Å². The van der Waals surface area contributed by atoms with Crippen LogP contribution in [0.2, 0.25) is 0 Å². The first-order valence-corrected chi connectivity index (χ1v) is 10.8. The van der Waals surface area contributed by atoms with Crippen LogP contribution in [0.1, 0.15) is 47.5 Å². The molecule has 0 amide bonds. The molecular formula is C16H35NP+. The van der Waals surface area contributed by atoms with Crippen molar-refractivity contribution < 1.29 is 0 Å². The number of hydrogen-bond donors (Lipinski definition) is 1. The summed E-state index contributed by atoms with van der Waals surface area (Å²) in [6.07, 6.45) is 2.69. The van der Waals surface area contributed by atoms with Crippen LogP contribution in [-0.4, -0.2) is 31.2 Å². The molecular weight excluding hydrogens is 237 g/mol. The molecule has 1 saturated carbocycles. The molecule has 2 N–H and O–H groups in total. The van der Waals surface area contributed by atoms with Gasteiger partial charge in [-0.15, -0.1) is 0 Å². The van der Waals surface area contributed by atoms with Crippen LogP contribution in [0, 0.1) is 23.7 Å². The first-order valence-electron chi connectivity index (χ1n) is 7.63. The zero-order chi connectivity index (χ0) is 14.3. The third kappa shape index (κ3) is 2.63. The van der Waals surface area contributed by atoms with Crippen molar-refractivity contribution in [1.82, 2.24) is 0 Å². The lowest BCUT2D eigenvalue weighted by Crippen LogP contribution is -2.44. The summed E-state index contributed by atoms with van der Waals surface area (Å²) >= 11 is 0. The monoisotopic (exact) mass is 272 g/mol. The highest BCUT2D eigenvalue weighted by Gasteiger charge is 2.56. The van der Waals surface area contributed by atoms with E-state index >= 15 is 0 Å². The van der Waals surface area contributed by atoms with Gasteiger partial charge in [0.25, 0.3) is 0 Å². The molecule has 18 heavy (non-hydrogen) atoms. The van der Waals surface area contributed by atoms with Crippen molar-refractivity contribution in [3.63, 3.8) is 0 Å². The van der Waals surface area contributed by atoms with Crippen molar-refractivity contribution in [1.29, 1.82) is 0 Å². The first kappa shape index (κ1) is 16.4. The van der Waals surface area contributed by atoms with Gasteiger partial charge in [-0.3, -0.25) is 0 Å². The summed E-state index contributed by atoms with van der Waals surface area (Å²) in [7, 11) is -0.873. The Bertz CT molecular complexity index is 281. The molecule has 0 aromatic rings. The molecule has 1 aliphatic carbocycles. The predicted molar refractivity (Wildman–Crippen MR) is 87.0 cm³/mol. The van der Waals surface area contributed by atoms with E-state index in [4.69, 9.17) is 5.73 Å². The van der Waals surface area contributed by atoms with Crippen molar-refractivity contribution in [3.05, 3.63) is 0 Å². The van der Waals surface area contributed by atoms with Crippen molar-refractivity contribution in [3.8, 4) is 0 Å². The van der Waals surface area contributed by atoms with Crippen molar-refractivity contribution in [2.75, 3.05) is 20.0 Å². The summed E-state index contributed by atoms with van der Waals surface area (Å²) in [6.45, 7) is 19.6. The fourth-order valence-corrected chi connectivity index (χ4v) is 6.49. The number of hydrogen-bond acceptors (Lipinski definition) is 1. The van der Waals surface area contributed by atoms with Crippen LogP contribution in [0.3, 0.4) is 0 Å². The molecule has 1 fully saturated rings. The Labute approximate surface area is 116 Å². The van der Waals surface area contributed by atoms with E-state index in [1.54, 1.807) is 0 Å². The van der Waals surface area contributed by atoms with Crippen LogP contribution in [-0.2, 0) is 0 Å². The average Bonchev–Trinajstić information content (AvgIpc) is 2.53. The maximum absolute atomic E-state index is 6.35. The molecule has 0 spiro atoms. The van der Waals surface area contributed by atoms with Gasteiger partial charge in [-0.1, -0.05) is 20.8 Å². The predicted octanol–water partition coefficient (Wildman–Crippen LogP) is 4.32. The minimum absolute atomic E-state index is 0.340. The van der Waals surface area contributed by atoms with E-state index in [2.05, 4.69) is 54.6 Å². The standard InChI is InChI=1S/C16H35NP/c1-9-16(5,18(6,7)8)14-10-11(2)12(3)15(14)13(4)17/h11-15H,9-10,17H2,1-8H3/q+1. The normalized spacial score (nSPS) is 38.5. The Morgan fingerprint density at radius 2 is 1.78 bits per heavy atom. The minimum atomic E-state index is -0.873. The van der Waals surface area contributed by atoms with E-state index in [9.17, 15) is 0 Å². The van der Waals surface area contributed by atoms with E-state index in [0.717, 1.165) is 17.8 Å². The number of nitrogens with two attached hydrogens (primary N) is 1. The molecule has 0 saturated heterocycles. The van der Waals surface area contributed by atoms with Crippen LogP contribution in [0.15, 0.2) is 0 Å². The Kier molecular flexibility index (Phi) is 4.94. The second-order valence-electron chi connectivity index (χ2n) is 7.84. The van der Waals surface area contributed by atoms with E-state index in [1.165, 1.54) is 12.8 Å². The van der Waals surface area contributed by atoms with E-state index in [-0.39, 0.29) is 0 Å². The van der Waals surface area contributed by atoms with Crippen LogP contribution >= 0.6 is 7.26 Å². The van der Waals surface area contributed by atoms with Gasteiger partial charge in [0, 0.05) is 39.2 Å². The van der Waals surface area contributed by atoms with Crippen LogP contribution < -0.4 is 5.73 Å². The van der Waals surface area contributed by atoms with Crippen LogP contribution in [0.5, 0.6) is 0 Å². The Hall–Kier alpha value is 0.390. The maximum atomic E-state index is 6.35. The summed E-state index contributed by atoms with van der Waals surface area (Å²) in [4.78, 5) is 0. The molecule has 6 atom stereocenters. The average molecular weight is 272 g/mol. The molecule has 2 heteroatoms. The lowest BCUT2D eigenvalue weighted by atomic mass is 9.77. The Morgan fingerprint density at radius 1 is 1.28 bits per heavy atom. The van der Waals surface area contributed by atoms with Crippen LogP contribution in [0.4, 0.5) is 0 Å². The maximum Gasteiger partial charge on any atom is 0.0792 e. The van der Waals surface area contributed by atoms with Gasteiger partial charge in [0.2, 0.25) is 0 Å². The smallest absolute Gasteiger partial charge is 0.0792 e. The summed E-state index contributed by atoms with van der Waals surface area (Å²) in [6, 6.07) is 0.340. The molecule has 0 bridgehead atoms. The van der Waals surface area contributed by atoms with Gasteiger partial charge >= 0.3 is 0 Å². The van der Waals surface area contributed by atoms with Gasteiger partial charge in [-0.25, -0.2) is 0 Å². The Balaban J connectivity index is 3.13. The van der Waals surface area contributed by atoms with E-state index < -0.39 is 7.26 Å². The quantitative estimate of drug-likeness (QED) is 0.758. The highest BCUT2D eigenvalue weighted by Crippen LogP contribution is 2.68. The second kappa shape index (κ2) is 5.41. The topological polar surface area (TPSA) is 26.0 Å². The summed E-state index contributed by atoms with van der Waals surface area (Å²) in [5, 5.41) is 0.504.